The molecule has 0 saturated carbocycles. The van der Waals surface area contributed by atoms with Gasteiger partial charge in [-0.15, -0.1) is 0 Å². The van der Waals surface area contributed by atoms with Crippen LogP contribution in [0.5, 0.6) is 0 Å². The van der Waals surface area contributed by atoms with Gasteiger partial charge in [-0.2, -0.15) is 11.8 Å². The van der Waals surface area contributed by atoms with Gasteiger partial charge in [0, 0.05) is 17.4 Å². The lowest BCUT2D eigenvalue weighted by Gasteiger charge is -2.16. The zero-order valence-electron chi connectivity index (χ0n) is 8.87. The highest BCUT2D eigenvalue weighted by atomic mass is 127. The standard InChI is InChI=1S/C10H15IN2O2S/c11-8(14)4-2-1-3-7-9-6(5-16-7)12-10(15)13-9/h6-7,9H,1-5H2,(H2,12,13,15)/t6-,7-,9-/m0/s1. The molecule has 2 rings (SSSR count). The van der Waals surface area contributed by atoms with Crippen LogP contribution >= 0.6 is 34.4 Å². The van der Waals surface area contributed by atoms with Crippen molar-refractivity contribution in [1.82, 2.24) is 10.6 Å². The van der Waals surface area contributed by atoms with Crippen LogP contribution in [0, 0.1) is 0 Å². The van der Waals surface area contributed by atoms with Crippen LogP contribution in [-0.4, -0.2) is 32.9 Å². The molecular weight excluding hydrogens is 339 g/mol. The number of thioether (sulfide) groups is 1. The molecule has 16 heavy (non-hydrogen) atoms. The van der Waals surface area contributed by atoms with E-state index in [-0.39, 0.29) is 9.82 Å². The number of unbranched alkanes of at least 4 members (excludes halogenated alkanes) is 1. The minimum Gasteiger partial charge on any atom is -0.332 e. The maximum absolute atomic E-state index is 11.1. The third-order valence-electron chi connectivity index (χ3n) is 3.05. The molecule has 90 valence electrons. The molecule has 0 bridgehead atoms. The molecule has 0 aliphatic carbocycles. The maximum Gasteiger partial charge on any atom is 0.315 e. The molecule has 2 N–H and O–H groups in total. The molecule has 2 aliphatic rings. The third kappa shape index (κ3) is 3.03. The highest BCUT2D eigenvalue weighted by Gasteiger charge is 2.42. The topological polar surface area (TPSA) is 58.2 Å². The van der Waals surface area contributed by atoms with Crippen LogP contribution in [0.25, 0.3) is 0 Å². The number of nitrogens with one attached hydrogen (secondary N) is 2. The first-order chi connectivity index (χ1) is 7.66. The average Bonchev–Trinajstić information content (AvgIpc) is 2.72. The second-order valence-corrected chi connectivity index (χ2v) is 6.70. The van der Waals surface area contributed by atoms with Crippen LogP contribution in [0.1, 0.15) is 25.7 Å². The Morgan fingerprint density at radius 2 is 2.25 bits per heavy atom. The monoisotopic (exact) mass is 354 g/mol. The minimum atomic E-state index is -0.0252. The van der Waals surface area contributed by atoms with E-state index in [1.165, 1.54) is 0 Å². The van der Waals surface area contributed by atoms with Crippen molar-refractivity contribution in [3.63, 3.8) is 0 Å². The highest BCUT2D eigenvalue weighted by molar-refractivity contribution is 14.1. The summed E-state index contributed by atoms with van der Waals surface area (Å²) < 4.78 is 0.241. The predicted octanol–water partition coefficient (Wildman–Crippen LogP) is 1.67. The number of hydrogen-bond acceptors (Lipinski definition) is 3. The van der Waals surface area contributed by atoms with Crippen molar-refractivity contribution in [3.05, 3.63) is 0 Å². The van der Waals surface area contributed by atoms with Gasteiger partial charge in [-0.25, -0.2) is 4.79 Å². The Labute approximate surface area is 113 Å². The SMILES string of the molecule is O=C(I)CCCC[C@@H]1SC[C@@H]2NC(=O)N[C@@H]21. The second kappa shape index (κ2) is 5.57. The summed E-state index contributed by atoms with van der Waals surface area (Å²) in [6.45, 7) is 0. The zero-order chi connectivity index (χ0) is 11.5. The highest BCUT2D eigenvalue weighted by Crippen LogP contribution is 2.33. The lowest BCUT2D eigenvalue weighted by molar-refractivity contribution is -0.109. The minimum absolute atomic E-state index is 0.0252. The maximum atomic E-state index is 11.1. The molecule has 2 fully saturated rings. The van der Waals surface area contributed by atoms with Crippen molar-refractivity contribution in [1.29, 1.82) is 0 Å². The van der Waals surface area contributed by atoms with Crippen LogP contribution in [0.3, 0.4) is 0 Å². The van der Waals surface area contributed by atoms with E-state index in [0.717, 1.165) is 25.0 Å². The molecule has 0 unspecified atom stereocenters. The first-order valence-electron chi connectivity index (χ1n) is 5.54. The Bertz CT molecular complexity index is 301. The van der Waals surface area contributed by atoms with E-state index < -0.39 is 0 Å². The molecule has 6 heteroatoms. The molecule has 2 saturated heterocycles. The molecule has 0 aromatic carbocycles. The lowest BCUT2D eigenvalue weighted by atomic mass is 10.0. The van der Waals surface area contributed by atoms with E-state index in [9.17, 15) is 9.59 Å². The van der Waals surface area contributed by atoms with Crippen LogP contribution in [0.2, 0.25) is 0 Å². The van der Waals surface area contributed by atoms with E-state index in [1.54, 1.807) is 0 Å². The Morgan fingerprint density at radius 3 is 3.00 bits per heavy atom. The smallest absolute Gasteiger partial charge is 0.315 e. The van der Waals surface area contributed by atoms with Crippen molar-refractivity contribution in [2.75, 3.05) is 5.75 Å². The molecule has 3 atom stereocenters. The molecule has 0 spiro atoms. The van der Waals surface area contributed by atoms with Gasteiger partial charge >= 0.3 is 6.03 Å². The Kier molecular flexibility index (Phi) is 4.34. The number of halogens is 1. The van der Waals surface area contributed by atoms with Crippen LogP contribution < -0.4 is 10.6 Å². The molecular formula is C10H15IN2O2S. The summed E-state index contributed by atoms with van der Waals surface area (Å²) in [5, 5.41) is 6.43. The van der Waals surface area contributed by atoms with Gasteiger partial charge in [0.05, 0.1) is 12.1 Å². The van der Waals surface area contributed by atoms with Gasteiger partial charge in [-0.1, -0.05) is 6.42 Å². The number of hydrogen-bond donors (Lipinski definition) is 2. The van der Waals surface area contributed by atoms with E-state index >= 15 is 0 Å². The number of fused-ring (bicyclic) bond motifs is 1. The summed E-state index contributed by atoms with van der Waals surface area (Å²) in [5.41, 5.74) is 0. The van der Waals surface area contributed by atoms with Crippen LogP contribution in [-0.2, 0) is 4.79 Å². The van der Waals surface area contributed by atoms with Gasteiger partial charge in [0.2, 0.25) is 0 Å². The van der Waals surface area contributed by atoms with Gasteiger partial charge in [0.25, 0.3) is 0 Å². The fourth-order valence-corrected chi connectivity index (χ4v) is 4.18. The van der Waals surface area contributed by atoms with Crippen LogP contribution in [0.4, 0.5) is 4.79 Å². The van der Waals surface area contributed by atoms with E-state index in [2.05, 4.69) is 10.6 Å². The first-order valence-corrected chi connectivity index (χ1v) is 7.66. The fraction of sp³-hybridized carbons (Fsp3) is 0.800. The number of carbonyl (C=O) groups is 2. The largest absolute Gasteiger partial charge is 0.332 e. The van der Waals surface area contributed by atoms with Gasteiger partial charge in [-0.05, 0) is 35.4 Å². The van der Waals surface area contributed by atoms with Crippen molar-refractivity contribution >= 4 is 44.2 Å². The Hall–Kier alpha value is 0.0200. The summed E-state index contributed by atoms with van der Waals surface area (Å²) in [6, 6.07) is 0.587. The van der Waals surface area contributed by atoms with E-state index in [4.69, 9.17) is 0 Å². The number of rotatable bonds is 5. The first kappa shape index (κ1) is 12.5. The summed E-state index contributed by atoms with van der Waals surface area (Å²) >= 11 is 3.78. The molecule has 2 amide bonds. The quantitative estimate of drug-likeness (QED) is 0.342. The number of urea groups is 1. The van der Waals surface area contributed by atoms with Gasteiger partial charge in [0.1, 0.15) is 0 Å². The van der Waals surface area contributed by atoms with Crippen molar-refractivity contribution in [2.24, 2.45) is 0 Å². The van der Waals surface area contributed by atoms with Crippen molar-refractivity contribution < 1.29 is 9.59 Å². The molecule has 4 nitrogen and oxygen atoms in total. The average molecular weight is 354 g/mol. The molecule has 2 heterocycles. The normalized spacial score (nSPS) is 32.1. The summed E-state index contributed by atoms with van der Waals surface area (Å²) in [4.78, 5) is 21.9. The predicted molar refractivity (Wildman–Crippen MR) is 73.0 cm³/mol. The third-order valence-corrected chi connectivity index (χ3v) is 5.10. The number of carbonyl (C=O) groups excluding carboxylic acids is 2. The fourth-order valence-electron chi connectivity index (χ4n) is 2.25. The second-order valence-electron chi connectivity index (χ2n) is 4.22. The van der Waals surface area contributed by atoms with Crippen molar-refractivity contribution in [3.8, 4) is 0 Å². The van der Waals surface area contributed by atoms with Gasteiger partial charge in [-0.3, -0.25) is 4.79 Å². The molecule has 2 aliphatic heterocycles. The van der Waals surface area contributed by atoms with Crippen LogP contribution in [0.15, 0.2) is 0 Å². The Balaban J connectivity index is 1.70. The van der Waals surface area contributed by atoms with Gasteiger partial charge in [0.15, 0.2) is 3.79 Å². The number of amides is 2. The van der Waals surface area contributed by atoms with Crippen molar-refractivity contribution in [2.45, 2.75) is 43.0 Å². The van der Waals surface area contributed by atoms with E-state index in [0.29, 0.717) is 23.8 Å². The van der Waals surface area contributed by atoms with Gasteiger partial charge < -0.3 is 10.6 Å². The van der Waals surface area contributed by atoms with E-state index in [1.807, 2.05) is 34.4 Å². The molecule has 0 aromatic rings. The molecule has 0 radical (unpaired) electrons. The lowest BCUT2D eigenvalue weighted by Crippen LogP contribution is -2.36. The summed E-state index contributed by atoms with van der Waals surface area (Å²) in [7, 11) is 0. The summed E-state index contributed by atoms with van der Waals surface area (Å²) in [5.74, 6) is 1.01. The zero-order valence-corrected chi connectivity index (χ0v) is 11.8. The summed E-state index contributed by atoms with van der Waals surface area (Å²) in [6.07, 6.45) is 3.82. The Morgan fingerprint density at radius 1 is 1.44 bits per heavy atom. The molecule has 0 aromatic heterocycles.